The number of thiophene rings is 1. The second-order valence-electron chi connectivity index (χ2n) is 4.80. The first-order chi connectivity index (χ1) is 10.6. The molecule has 0 radical (unpaired) electrons. The Morgan fingerprint density at radius 2 is 2.18 bits per heavy atom. The van der Waals surface area contributed by atoms with Crippen molar-refractivity contribution < 1.29 is 9.90 Å². The van der Waals surface area contributed by atoms with Gasteiger partial charge in [0.25, 0.3) is 5.91 Å². The molecule has 0 fully saturated rings. The van der Waals surface area contributed by atoms with Crippen molar-refractivity contribution in [1.29, 1.82) is 0 Å². The second-order valence-corrected chi connectivity index (χ2v) is 6.63. The van der Waals surface area contributed by atoms with Crippen molar-refractivity contribution in [1.82, 2.24) is 10.3 Å². The van der Waals surface area contributed by atoms with Gasteiger partial charge in [-0.15, -0.1) is 11.3 Å². The summed E-state index contributed by atoms with van der Waals surface area (Å²) in [6.07, 6.45) is 2.37. The molecule has 3 aromatic rings. The highest BCUT2D eigenvalue weighted by atomic mass is 79.9. The number of aromatic nitrogens is 1. The lowest BCUT2D eigenvalue weighted by Gasteiger charge is -2.11. The summed E-state index contributed by atoms with van der Waals surface area (Å²) in [5.41, 5.74) is 1.30. The third kappa shape index (κ3) is 3.19. The number of aliphatic hydroxyl groups excluding tert-OH is 1. The average molecular weight is 377 g/mol. The van der Waals surface area contributed by atoms with E-state index in [2.05, 4.69) is 26.2 Å². The third-order valence-electron chi connectivity index (χ3n) is 3.29. The molecule has 0 saturated carbocycles. The van der Waals surface area contributed by atoms with Crippen molar-refractivity contribution in [2.24, 2.45) is 0 Å². The monoisotopic (exact) mass is 376 g/mol. The zero-order valence-electron chi connectivity index (χ0n) is 11.5. The van der Waals surface area contributed by atoms with E-state index in [-0.39, 0.29) is 12.5 Å². The molecule has 0 bridgehead atoms. The largest absolute Gasteiger partial charge is 0.387 e. The van der Waals surface area contributed by atoms with Gasteiger partial charge in [0.05, 0.1) is 11.7 Å². The first kappa shape index (κ1) is 15.1. The van der Waals surface area contributed by atoms with Gasteiger partial charge < -0.3 is 10.4 Å². The lowest BCUT2D eigenvalue weighted by molar-refractivity contribution is 0.0916. The highest BCUT2D eigenvalue weighted by Crippen LogP contribution is 2.29. The minimum Gasteiger partial charge on any atom is -0.387 e. The molecule has 0 unspecified atom stereocenters. The zero-order chi connectivity index (χ0) is 15.5. The van der Waals surface area contributed by atoms with E-state index in [1.54, 1.807) is 23.6 Å². The van der Waals surface area contributed by atoms with Crippen LogP contribution in [0.1, 0.15) is 22.0 Å². The van der Waals surface area contributed by atoms with Crippen LogP contribution in [-0.4, -0.2) is 22.5 Å². The van der Waals surface area contributed by atoms with Crippen LogP contribution in [0.5, 0.6) is 0 Å². The molecule has 1 amide bonds. The molecule has 6 heteroatoms. The standard InChI is InChI=1S/C16H13BrN2O2S/c17-11-5-10(6-18-7-11)16(21)19-8-14(20)13-9-22-15-4-2-1-3-12(13)15/h1-7,9,14,20H,8H2,(H,19,21)/t14-/m0/s1. The SMILES string of the molecule is O=C(NC[C@H](O)c1csc2ccccc12)c1cncc(Br)c1. The predicted octanol–water partition coefficient (Wildman–Crippen LogP) is 3.52. The number of nitrogens with one attached hydrogen (secondary N) is 1. The number of hydrogen-bond acceptors (Lipinski definition) is 4. The second kappa shape index (κ2) is 6.56. The van der Waals surface area contributed by atoms with E-state index in [0.717, 1.165) is 20.1 Å². The van der Waals surface area contributed by atoms with Crippen LogP contribution in [0.25, 0.3) is 10.1 Å². The van der Waals surface area contributed by atoms with E-state index in [1.807, 2.05) is 29.6 Å². The molecule has 2 heterocycles. The van der Waals surface area contributed by atoms with Crippen LogP contribution < -0.4 is 5.32 Å². The van der Waals surface area contributed by atoms with Crippen LogP contribution in [0.4, 0.5) is 0 Å². The Labute approximate surface area is 139 Å². The summed E-state index contributed by atoms with van der Waals surface area (Å²) >= 11 is 4.86. The number of aliphatic hydroxyl groups is 1. The van der Waals surface area contributed by atoms with E-state index in [1.165, 1.54) is 6.20 Å². The van der Waals surface area contributed by atoms with E-state index in [0.29, 0.717) is 5.56 Å². The minimum absolute atomic E-state index is 0.159. The Kier molecular flexibility index (Phi) is 4.52. The maximum absolute atomic E-state index is 12.1. The zero-order valence-corrected chi connectivity index (χ0v) is 13.9. The van der Waals surface area contributed by atoms with E-state index >= 15 is 0 Å². The molecule has 2 N–H and O–H groups in total. The highest BCUT2D eigenvalue weighted by molar-refractivity contribution is 9.10. The number of nitrogens with zero attached hydrogens (tertiary/aromatic N) is 1. The molecule has 3 rings (SSSR count). The van der Waals surface area contributed by atoms with Gasteiger partial charge in [-0.25, -0.2) is 0 Å². The molecule has 0 aliphatic heterocycles. The first-order valence-corrected chi connectivity index (χ1v) is 8.35. The Bertz CT molecular complexity index is 819. The van der Waals surface area contributed by atoms with Gasteiger partial charge in [0.1, 0.15) is 0 Å². The van der Waals surface area contributed by atoms with Crippen molar-refractivity contribution in [2.75, 3.05) is 6.54 Å². The normalized spacial score (nSPS) is 12.3. The maximum Gasteiger partial charge on any atom is 0.252 e. The van der Waals surface area contributed by atoms with Gasteiger partial charge >= 0.3 is 0 Å². The summed E-state index contributed by atoms with van der Waals surface area (Å²) in [5, 5.41) is 16.0. The highest BCUT2D eigenvalue weighted by Gasteiger charge is 2.15. The number of rotatable bonds is 4. The fourth-order valence-electron chi connectivity index (χ4n) is 2.19. The summed E-state index contributed by atoms with van der Waals surface area (Å²) in [7, 11) is 0. The predicted molar refractivity (Wildman–Crippen MR) is 91.1 cm³/mol. The average Bonchev–Trinajstić information content (AvgIpc) is 2.96. The van der Waals surface area contributed by atoms with Gasteiger partial charge in [0.2, 0.25) is 0 Å². The molecule has 4 nitrogen and oxygen atoms in total. The number of amides is 1. The summed E-state index contributed by atoms with van der Waals surface area (Å²) in [4.78, 5) is 16.0. The molecule has 1 aromatic carbocycles. The van der Waals surface area contributed by atoms with E-state index < -0.39 is 6.10 Å². The Morgan fingerprint density at radius 1 is 1.36 bits per heavy atom. The third-order valence-corrected chi connectivity index (χ3v) is 4.71. The Hall–Kier alpha value is -1.76. The summed E-state index contributed by atoms with van der Waals surface area (Å²) < 4.78 is 1.86. The molecule has 112 valence electrons. The molecule has 0 spiro atoms. The summed E-state index contributed by atoms with van der Waals surface area (Å²) in [6, 6.07) is 9.59. The quantitative estimate of drug-likeness (QED) is 0.731. The van der Waals surface area contributed by atoms with Gasteiger partial charge in [-0.2, -0.15) is 0 Å². The topological polar surface area (TPSA) is 62.2 Å². The molecular formula is C16H13BrN2O2S. The van der Waals surface area contributed by atoms with Crippen LogP contribution in [0.3, 0.4) is 0 Å². The fourth-order valence-corrected chi connectivity index (χ4v) is 3.57. The van der Waals surface area contributed by atoms with Crippen molar-refractivity contribution in [3.63, 3.8) is 0 Å². The van der Waals surface area contributed by atoms with Crippen LogP contribution in [0.15, 0.2) is 52.6 Å². The number of halogens is 1. The lowest BCUT2D eigenvalue weighted by Crippen LogP contribution is -2.28. The number of carbonyl (C=O) groups is 1. The first-order valence-electron chi connectivity index (χ1n) is 6.68. The molecule has 2 aromatic heterocycles. The van der Waals surface area contributed by atoms with Gasteiger partial charge in [-0.05, 0) is 38.8 Å². The molecule has 0 saturated heterocycles. The van der Waals surface area contributed by atoms with Crippen molar-refractivity contribution in [2.45, 2.75) is 6.10 Å². The fraction of sp³-hybridized carbons (Fsp3) is 0.125. The Balaban J connectivity index is 1.70. The number of fused-ring (bicyclic) bond motifs is 1. The molecule has 22 heavy (non-hydrogen) atoms. The van der Waals surface area contributed by atoms with Crippen molar-refractivity contribution >= 4 is 43.3 Å². The number of carbonyl (C=O) groups excluding carboxylic acids is 1. The van der Waals surface area contributed by atoms with E-state index in [9.17, 15) is 9.90 Å². The van der Waals surface area contributed by atoms with Crippen molar-refractivity contribution in [3.05, 3.63) is 63.7 Å². The van der Waals surface area contributed by atoms with Crippen LogP contribution in [-0.2, 0) is 0 Å². The van der Waals surface area contributed by atoms with Crippen LogP contribution in [0, 0.1) is 0 Å². The molecule has 1 atom stereocenters. The lowest BCUT2D eigenvalue weighted by atomic mass is 10.1. The van der Waals surface area contributed by atoms with Crippen LogP contribution in [0.2, 0.25) is 0 Å². The summed E-state index contributed by atoms with van der Waals surface area (Å²) in [5.74, 6) is -0.257. The minimum atomic E-state index is -0.736. The van der Waals surface area contributed by atoms with Gasteiger partial charge in [0.15, 0.2) is 0 Å². The van der Waals surface area contributed by atoms with Gasteiger partial charge in [0, 0.05) is 33.7 Å². The van der Waals surface area contributed by atoms with Crippen molar-refractivity contribution in [3.8, 4) is 0 Å². The molecular weight excluding hydrogens is 364 g/mol. The number of pyridine rings is 1. The van der Waals surface area contributed by atoms with Gasteiger partial charge in [-0.1, -0.05) is 18.2 Å². The van der Waals surface area contributed by atoms with E-state index in [4.69, 9.17) is 0 Å². The maximum atomic E-state index is 12.1. The van der Waals surface area contributed by atoms with Gasteiger partial charge in [-0.3, -0.25) is 9.78 Å². The van der Waals surface area contributed by atoms with Crippen LogP contribution >= 0.6 is 27.3 Å². The Morgan fingerprint density at radius 3 is 3.00 bits per heavy atom. The number of benzene rings is 1. The number of hydrogen-bond donors (Lipinski definition) is 2. The smallest absolute Gasteiger partial charge is 0.252 e. The molecule has 0 aliphatic carbocycles. The molecule has 0 aliphatic rings. The summed E-state index contributed by atoms with van der Waals surface area (Å²) in [6.45, 7) is 0.159.